The lowest BCUT2D eigenvalue weighted by molar-refractivity contribution is -0.660. The molecule has 0 radical (unpaired) electrons. The van der Waals surface area contributed by atoms with E-state index in [0.29, 0.717) is 11.5 Å². The van der Waals surface area contributed by atoms with Crippen LogP contribution >= 0.6 is 0 Å². The molecule has 3 nitrogen and oxygen atoms in total. The minimum absolute atomic E-state index is 0.00862. The van der Waals surface area contributed by atoms with Crippen molar-refractivity contribution in [3.8, 4) is 28.5 Å². The maximum absolute atomic E-state index is 10.5. The number of benzene rings is 3. The van der Waals surface area contributed by atoms with E-state index in [1.54, 1.807) is 5.56 Å². The fourth-order valence-corrected chi connectivity index (χ4v) is 8.35. The molecule has 0 N–H and O–H groups in total. The zero-order valence-corrected chi connectivity index (χ0v) is 26.6. The molecule has 3 heteroatoms. The first-order valence-electron chi connectivity index (χ1n) is 16.1. The number of fused-ring (bicyclic) bond motifs is 4. The molecule has 0 saturated heterocycles. The van der Waals surface area contributed by atoms with Crippen molar-refractivity contribution >= 4 is 21.9 Å². The van der Waals surface area contributed by atoms with Crippen molar-refractivity contribution in [3.05, 3.63) is 88.6 Å². The lowest BCUT2D eigenvalue weighted by Crippen LogP contribution is -2.36. The van der Waals surface area contributed by atoms with Crippen LogP contribution in [0.4, 0.5) is 0 Å². The maximum atomic E-state index is 10.5. The second-order valence-electron chi connectivity index (χ2n) is 14.5. The van der Waals surface area contributed by atoms with Gasteiger partial charge in [0.05, 0.1) is 17.2 Å². The minimum atomic E-state index is -0.00862. The van der Waals surface area contributed by atoms with Crippen molar-refractivity contribution in [1.82, 2.24) is 0 Å². The third kappa shape index (κ3) is 4.33. The zero-order chi connectivity index (χ0) is 30.1. The number of aryl methyl sites for hydroxylation is 2. The van der Waals surface area contributed by atoms with E-state index in [0.717, 1.165) is 45.2 Å². The molecular formula is C40H43N2O+. The van der Waals surface area contributed by atoms with Gasteiger partial charge in [0.25, 0.3) is 0 Å². The Balaban J connectivity index is 1.58. The second kappa shape index (κ2) is 10.1. The van der Waals surface area contributed by atoms with Gasteiger partial charge in [0.1, 0.15) is 18.2 Å². The van der Waals surface area contributed by atoms with Gasteiger partial charge in [-0.1, -0.05) is 71.2 Å². The summed E-state index contributed by atoms with van der Waals surface area (Å²) in [5, 5.41) is 12.7. The fraction of sp³-hybridized carbons (Fsp3) is 0.400. The van der Waals surface area contributed by atoms with Gasteiger partial charge in [0, 0.05) is 28.5 Å². The van der Waals surface area contributed by atoms with Crippen LogP contribution in [0.15, 0.2) is 65.2 Å². The summed E-state index contributed by atoms with van der Waals surface area (Å²) in [5.41, 5.74) is 12.5. The number of pyridine rings is 1. The summed E-state index contributed by atoms with van der Waals surface area (Å²) in [6.07, 6.45) is 10.9. The van der Waals surface area contributed by atoms with Crippen molar-refractivity contribution in [2.45, 2.75) is 96.3 Å². The van der Waals surface area contributed by atoms with E-state index in [4.69, 9.17) is 4.42 Å². The standard InChI is InChI=1S/C40H43N2O/c1-25-15-17-29-30-18-16-27(24-41)34(38(30)43-37(29)33(25)32-14-10-11-23-42(32)6)31-20-19-28(26-12-8-7-9-13-26)35-36(31)40(4,5)22-21-39(35,2)3/h10-11,14-20,23,26H,7-9,12-13,21-22H2,1-6H3/q+1. The molecule has 0 unspecified atom stereocenters. The Labute approximate surface area is 256 Å². The molecule has 1 saturated carbocycles. The highest BCUT2D eigenvalue weighted by Crippen LogP contribution is 2.54. The van der Waals surface area contributed by atoms with Crippen LogP contribution in [0.25, 0.3) is 44.3 Å². The van der Waals surface area contributed by atoms with Crippen LogP contribution in [0.3, 0.4) is 0 Å². The molecule has 0 spiro atoms. The number of furan rings is 1. The Kier molecular flexibility index (Phi) is 6.55. The van der Waals surface area contributed by atoms with Crippen LogP contribution < -0.4 is 4.57 Å². The zero-order valence-electron chi connectivity index (χ0n) is 26.6. The normalized spacial score (nSPS) is 18.1. The molecule has 2 aliphatic rings. The molecule has 0 atom stereocenters. The monoisotopic (exact) mass is 567 g/mol. The molecule has 0 bridgehead atoms. The molecular weight excluding hydrogens is 524 g/mol. The Morgan fingerprint density at radius 1 is 0.791 bits per heavy atom. The topological polar surface area (TPSA) is 40.8 Å². The van der Waals surface area contributed by atoms with E-state index in [2.05, 4.69) is 107 Å². The van der Waals surface area contributed by atoms with Gasteiger partial charge in [-0.2, -0.15) is 5.26 Å². The highest BCUT2D eigenvalue weighted by molar-refractivity contribution is 6.14. The van der Waals surface area contributed by atoms with Gasteiger partial charge in [0.15, 0.2) is 6.20 Å². The lowest BCUT2D eigenvalue weighted by atomic mass is 9.59. The molecule has 43 heavy (non-hydrogen) atoms. The predicted molar refractivity (Wildman–Crippen MR) is 176 cm³/mol. The van der Waals surface area contributed by atoms with Gasteiger partial charge < -0.3 is 4.42 Å². The number of nitrogens with zero attached hydrogens (tertiary/aromatic N) is 2. The Morgan fingerprint density at radius 3 is 2.16 bits per heavy atom. The summed E-state index contributed by atoms with van der Waals surface area (Å²) in [4.78, 5) is 0. The largest absolute Gasteiger partial charge is 0.454 e. The Bertz CT molecular complexity index is 1940. The second-order valence-corrected chi connectivity index (χ2v) is 14.5. The summed E-state index contributed by atoms with van der Waals surface area (Å²) in [7, 11) is 2.08. The average Bonchev–Trinajstić information content (AvgIpc) is 3.38. The molecule has 1 fully saturated rings. The first-order chi connectivity index (χ1) is 20.6. The van der Waals surface area contributed by atoms with Gasteiger partial charge >= 0.3 is 0 Å². The average molecular weight is 568 g/mol. The summed E-state index contributed by atoms with van der Waals surface area (Å²) in [6, 6.07) is 22.1. The van der Waals surface area contributed by atoms with Gasteiger partial charge in [-0.25, -0.2) is 4.57 Å². The first kappa shape index (κ1) is 27.9. The van der Waals surface area contributed by atoms with Crippen LogP contribution in [0.1, 0.15) is 106 Å². The van der Waals surface area contributed by atoms with E-state index in [1.165, 1.54) is 60.8 Å². The van der Waals surface area contributed by atoms with Crippen molar-refractivity contribution in [2.75, 3.05) is 0 Å². The molecule has 5 aromatic rings. The molecule has 0 amide bonds. The smallest absolute Gasteiger partial charge is 0.216 e. The van der Waals surface area contributed by atoms with E-state index < -0.39 is 0 Å². The van der Waals surface area contributed by atoms with Crippen LogP contribution in [-0.4, -0.2) is 0 Å². The van der Waals surface area contributed by atoms with E-state index in [9.17, 15) is 5.26 Å². The number of nitriles is 1. The molecule has 2 aromatic heterocycles. The van der Waals surface area contributed by atoms with Gasteiger partial charge in [-0.3, -0.25) is 0 Å². The van der Waals surface area contributed by atoms with Crippen molar-refractivity contribution in [3.63, 3.8) is 0 Å². The number of rotatable bonds is 3. The van der Waals surface area contributed by atoms with E-state index in [1.807, 2.05) is 6.07 Å². The third-order valence-electron chi connectivity index (χ3n) is 10.7. The van der Waals surface area contributed by atoms with Crippen LogP contribution in [0.2, 0.25) is 0 Å². The highest BCUT2D eigenvalue weighted by Gasteiger charge is 2.42. The van der Waals surface area contributed by atoms with Crippen LogP contribution in [0.5, 0.6) is 0 Å². The SMILES string of the molecule is Cc1ccc2c(oc3c(-c4ccc(C5CCCCC5)c5c4C(C)(C)CCC5(C)C)c(C#N)ccc32)c1-c1cccc[n+]1C. The quantitative estimate of drug-likeness (QED) is 0.204. The van der Waals surface area contributed by atoms with Crippen molar-refractivity contribution < 1.29 is 8.98 Å². The lowest BCUT2D eigenvalue weighted by Gasteiger charge is -2.45. The molecule has 2 aliphatic carbocycles. The van der Waals surface area contributed by atoms with Crippen molar-refractivity contribution in [1.29, 1.82) is 5.26 Å². The predicted octanol–water partition coefficient (Wildman–Crippen LogP) is 10.3. The van der Waals surface area contributed by atoms with Crippen LogP contribution in [0, 0.1) is 18.3 Å². The summed E-state index contributed by atoms with van der Waals surface area (Å²) < 4.78 is 9.15. The van der Waals surface area contributed by atoms with Crippen LogP contribution in [-0.2, 0) is 17.9 Å². The number of hydrogen-bond acceptors (Lipinski definition) is 2. The molecule has 3 aromatic carbocycles. The maximum Gasteiger partial charge on any atom is 0.216 e. The first-order valence-corrected chi connectivity index (χ1v) is 16.1. The van der Waals surface area contributed by atoms with E-state index in [-0.39, 0.29) is 10.8 Å². The Morgan fingerprint density at radius 2 is 1.47 bits per heavy atom. The van der Waals surface area contributed by atoms with Crippen molar-refractivity contribution in [2.24, 2.45) is 7.05 Å². The minimum Gasteiger partial charge on any atom is -0.454 e. The van der Waals surface area contributed by atoms with E-state index >= 15 is 0 Å². The number of aromatic nitrogens is 1. The third-order valence-corrected chi connectivity index (χ3v) is 10.7. The van der Waals surface area contributed by atoms with Gasteiger partial charge in [-0.15, -0.1) is 0 Å². The Hall–Kier alpha value is -3.90. The fourth-order valence-electron chi connectivity index (χ4n) is 8.35. The summed E-state index contributed by atoms with van der Waals surface area (Å²) in [6.45, 7) is 11.9. The number of hydrogen-bond donors (Lipinski definition) is 0. The molecule has 0 aliphatic heterocycles. The summed E-state index contributed by atoms with van der Waals surface area (Å²) in [5.74, 6) is 0.624. The summed E-state index contributed by atoms with van der Waals surface area (Å²) >= 11 is 0. The van der Waals surface area contributed by atoms with Gasteiger partial charge in [-0.05, 0) is 95.4 Å². The van der Waals surface area contributed by atoms with Gasteiger partial charge in [0.2, 0.25) is 5.69 Å². The molecule has 7 rings (SSSR count). The molecule has 2 heterocycles. The molecule has 218 valence electrons. The highest BCUT2D eigenvalue weighted by atomic mass is 16.3.